The number of rotatable bonds is 11. The quantitative estimate of drug-likeness (QED) is 0.467. The van der Waals surface area contributed by atoms with Gasteiger partial charge in [-0.25, -0.2) is 4.79 Å². The van der Waals surface area contributed by atoms with Crippen molar-refractivity contribution in [2.24, 2.45) is 0 Å². The van der Waals surface area contributed by atoms with Gasteiger partial charge in [-0.2, -0.15) is 0 Å². The summed E-state index contributed by atoms with van der Waals surface area (Å²) in [6, 6.07) is 15.7. The SMILES string of the molecule is CCC[C@H](CC(=O)NC(C)CCC(=O)O)NC(=O)OCC1c2ccccc2-c2ccccc21. The smallest absolute Gasteiger partial charge is 0.407 e. The summed E-state index contributed by atoms with van der Waals surface area (Å²) in [5.74, 6) is -1.13. The van der Waals surface area contributed by atoms with Crippen molar-refractivity contribution in [1.29, 1.82) is 0 Å². The highest BCUT2D eigenvalue weighted by Gasteiger charge is 2.29. The normalized spacial score (nSPS) is 14.0. The summed E-state index contributed by atoms with van der Waals surface area (Å²) in [5, 5.41) is 14.4. The fourth-order valence-electron chi connectivity index (χ4n) is 4.35. The Bertz CT molecular complexity index is 945. The number of carbonyl (C=O) groups is 3. The Morgan fingerprint density at radius 1 is 0.970 bits per heavy atom. The first-order valence-corrected chi connectivity index (χ1v) is 11.5. The number of hydrogen-bond donors (Lipinski definition) is 3. The number of ether oxygens (including phenoxy) is 1. The molecule has 0 aliphatic heterocycles. The van der Waals surface area contributed by atoms with Gasteiger partial charge in [0.15, 0.2) is 0 Å². The summed E-state index contributed by atoms with van der Waals surface area (Å²) in [5.41, 5.74) is 4.62. The van der Waals surface area contributed by atoms with E-state index in [4.69, 9.17) is 9.84 Å². The van der Waals surface area contributed by atoms with Crippen molar-refractivity contribution in [3.8, 4) is 11.1 Å². The van der Waals surface area contributed by atoms with Crippen LogP contribution in [0, 0.1) is 0 Å². The molecule has 1 aliphatic carbocycles. The highest BCUT2D eigenvalue weighted by Crippen LogP contribution is 2.44. The number of alkyl carbamates (subject to hydrolysis) is 1. The van der Waals surface area contributed by atoms with Crippen LogP contribution in [0.2, 0.25) is 0 Å². The number of carboxylic acid groups (broad SMARTS) is 1. The van der Waals surface area contributed by atoms with Gasteiger partial charge in [-0.3, -0.25) is 9.59 Å². The average Bonchev–Trinajstić information content (AvgIpc) is 3.10. The molecule has 33 heavy (non-hydrogen) atoms. The molecule has 1 unspecified atom stereocenters. The van der Waals surface area contributed by atoms with Gasteiger partial charge in [-0.1, -0.05) is 61.9 Å². The van der Waals surface area contributed by atoms with Gasteiger partial charge >= 0.3 is 12.1 Å². The van der Waals surface area contributed by atoms with Gasteiger partial charge in [0, 0.05) is 30.8 Å². The van der Waals surface area contributed by atoms with E-state index in [9.17, 15) is 14.4 Å². The van der Waals surface area contributed by atoms with Crippen molar-refractivity contribution >= 4 is 18.0 Å². The van der Waals surface area contributed by atoms with E-state index in [-0.39, 0.29) is 43.4 Å². The maximum Gasteiger partial charge on any atom is 0.407 e. The van der Waals surface area contributed by atoms with Crippen LogP contribution < -0.4 is 10.6 Å². The van der Waals surface area contributed by atoms with Crippen LogP contribution in [0.25, 0.3) is 11.1 Å². The fraction of sp³-hybridized carbons (Fsp3) is 0.423. The second kappa shape index (κ2) is 11.5. The molecule has 0 saturated carbocycles. The number of nitrogens with one attached hydrogen (secondary N) is 2. The Kier molecular flexibility index (Phi) is 8.46. The number of fused-ring (bicyclic) bond motifs is 3. The van der Waals surface area contributed by atoms with Crippen LogP contribution in [0.1, 0.15) is 63.0 Å². The van der Waals surface area contributed by atoms with Crippen LogP contribution in [0.3, 0.4) is 0 Å². The zero-order valence-corrected chi connectivity index (χ0v) is 19.2. The minimum atomic E-state index is -0.892. The van der Waals surface area contributed by atoms with E-state index >= 15 is 0 Å². The first kappa shape index (κ1) is 24.3. The van der Waals surface area contributed by atoms with E-state index < -0.39 is 12.1 Å². The first-order valence-electron chi connectivity index (χ1n) is 11.5. The van der Waals surface area contributed by atoms with Gasteiger partial charge in [-0.05, 0) is 42.0 Å². The summed E-state index contributed by atoms with van der Waals surface area (Å²) in [6.07, 6.45) is 1.38. The molecular formula is C26H32N2O5. The molecule has 0 heterocycles. The number of aliphatic carboxylic acids is 1. The molecule has 0 saturated heterocycles. The van der Waals surface area contributed by atoms with Gasteiger partial charge in [0.05, 0.1) is 0 Å². The highest BCUT2D eigenvalue weighted by atomic mass is 16.5. The molecule has 2 aromatic carbocycles. The second-order valence-corrected chi connectivity index (χ2v) is 8.56. The van der Waals surface area contributed by atoms with Crippen molar-refractivity contribution in [2.45, 2.75) is 64.0 Å². The third-order valence-corrected chi connectivity index (χ3v) is 5.93. The lowest BCUT2D eigenvalue weighted by Crippen LogP contribution is -2.41. The average molecular weight is 453 g/mol. The van der Waals surface area contributed by atoms with Gasteiger partial charge in [0.2, 0.25) is 5.91 Å². The van der Waals surface area contributed by atoms with E-state index in [0.717, 1.165) is 17.5 Å². The van der Waals surface area contributed by atoms with E-state index in [1.165, 1.54) is 11.1 Å². The molecule has 2 atom stereocenters. The van der Waals surface area contributed by atoms with Crippen molar-refractivity contribution in [3.63, 3.8) is 0 Å². The van der Waals surface area contributed by atoms with Gasteiger partial charge in [0.25, 0.3) is 0 Å². The van der Waals surface area contributed by atoms with E-state index in [2.05, 4.69) is 34.9 Å². The Hall–Kier alpha value is -3.35. The minimum Gasteiger partial charge on any atom is -0.481 e. The Morgan fingerprint density at radius 3 is 2.15 bits per heavy atom. The van der Waals surface area contributed by atoms with Gasteiger partial charge in [0.1, 0.15) is 6.61 Å². The predicted octanol–water partition coefficient (Wildman–Crippen LogP) is 4.45. The lowest BCUT2D eigenvalue weighted by Gasteiger charge is -2.20. The van der Waals surface area contributed by atoms with Crippen LogP contribution >= 0.6 is 0 Å². The van der Waals surface area contributed by atoms with Gasteiger partial charge < -0.3 is 20.5 Å². The molecule has 0 bridgehead atoms. The molecule has 0 spiro atoms. The molecule has 2 aromatic rings. The van der Waals surface area contributed by atoms with E-state index in [1.54, 1.807) is 6.92 Å². The number of amides is 2. The predicted molar refractivity (Wildman–Crippen MR) is 126 cm³/mol. The maximum atomic E-state index is 12.6. The van der Waals surface area contributed by atoms with Gasteiger partial charge in [-0.15, -0.1) is 0 Å². The molecule has 0 aromatic heterocycles. The standard InChI is InChI=1S/C26H32N2O5/c1-3-8-18(15-24(29)27-17(2)13-14-25(30)31)28-26(32)33-16-23-21-11-6-4-9-19(21)20-10-5-7-12-22(20)23/h4-7,9-12,17-18,23H,3,8,13-16H2,1-2H3,(H,27,29)(H,28,32)(H,30,31)/t17?,18-/m1/s1. The molecule has 176 valence electrons. The van der Waals surface area contributed by atoms with E-state index in [0.29, 0.717) is 12.8 Å². The topological polar surface area (TPSA) is 105 Å². The monoisotopic (exact) mass is 452 g/mol. The lowest BCUT2D eigenvalue weighted by atomic mass is 9.98. The molecule has 0 fully saturated rings. The summed E-state index contributed by atoms with van der Waals surface area (Å²) in [6.45, 7) is 3.98. The Balaban J connectivity index is 1.54. The highest BCUT2D eigenvalue weighted by molar-refractivity contribution is 5.79. The van der Waals surface area contributed by atoms with Crippen LogP contribution in [0.5, 0.6) is 0 Å². The summed E-state index contributed by atoms with van der Waals surface area (Å²) >= 11 is 0. The molecule has 2 amide bonds. The second-order valence-electron chi connectivity index (χ2n) is 8.56. The largest absolute Gasteiger partial charge is 0.481 e. The fourth-order valence-corrected chi connectivity index (χ4v) is 4.35. The van der Waals surface area contributed by atoms with E-state index in [1.807, 2.05) is 31.2 Å². The minimum absolute atomic E-state index is 0.00215. The molecule has 7 nitrogen and oxygen atoms in total. The first-order chi connectivity index (χ1) is 15.9. The Labute approximate surface area is 194 Å². The van der Waals surface area contributed by atoms with Crippen molar-refractivity contribution in [1.82, 2.24) is 10.6 Å². The molecular weight excluding hydrogens is 420 g/mol. The molecule has 7 heteroatoms. The zero-order chi connectivity index (χ0) is 23.8. The van der Waals surface area contributed by atoms with Crippen LogP contribution in [0.15, 0.2) is 48.5 Å². The van der Waals surface area contributed by atoms with Crippen LogP contribution in [-0.2, 0) is 14.3 Å². The zero-order valence-electron chi connectivity index (χ0n) is 19.2. The maximum absolute atomic E-state index is 12.6. The molecule has 3 rings (SSSR count). The third kappa shape index (κ3) is 6.57. The number of carboxylic acids is 1. The van der Waals surface area contributed by atoms with Crippen molar-refractivity contribution < 1.29 is 24.2 Å². The lowest BCUT2D eigenvalue weighted by molar-refractivity contribution is -0.137. The van der Waals surface area contributed by atoms with Crippen LogP contribution in [0.4, 0.5) is 4.79 Å². The van der Waals surface area contributed by atoms with Crippen LogP contribution in [-0.4, -0.2) is 41.8 Å². The molecule has 0 radical (unpaired) electrons. The Morgan fingerprint density at radius 2 is 1.58 bits per heavy atom. The molecule has 3 N–H and O–H groups in total. The molecule has 1 aliphatic rings. The number of carbonyl (C=O) groups excluding carboxylic acids is 2. The number of benzene rings is 2. The summed E-state index contributed by atoms with van der Waals surface area (Å²) in [4.78, 5) is 35.6. The van der Waals surface area contributed by atoms with Crippen molar-refractivity contribution in [3.05, 3.63) is 59.7 Å². The summed E-state index contributed by atoms with van der Waals surface area (Å²) < 4.78 is 5.60. The summed E-state index contributed by atoms with van der Waals surface area (Å²) in [7, 11) is 0. The number of hydrogen-bond acceptors (Lipinski definition) is 4. The van der Waals surface area contributed by atoms with Crippen molar-refractivity contribution in [2.75, 3.05) is 6.61 Å². The third-order valence-electron chi connectivity index (χ3n) is 5.93.